The second-order valence-electron chi connectivity index (χ2n) is 6.95. The predicted octanol–water partition coefficient (Wildman–Crippen LogP) is 2.35. The lowest BCUT2D eigenvalue weighted by atomic mass is 10.0. The summed E-state index contributed by atoms with van der Waals surface area (Å²) in [6, 6.07) is 5.59. The third-order valence-electron chi connectivity index (χ3n) is 5.29. The van der Waals surface area contributed by atoms with E-state index in [0.717, 1.165) is 11.3 Å². The van der Waals surface area contributed by atoms with Crippen molar-refractivity contribution >= 4 is 17.5 Å². The number of fused-ring (bicyclic) bond motifs is 1. The Labute approximate surface area is 118 Å². The minimum absolute atomic E-state index is 0.0120. The van der Waals surface area contributed by atoms with Gasteiger partial charge in [-0.3, -0.25) is 9.59 Å². The van der Waals surface area contributed by atoms with Gasteiger partial charge in [-0.2, -0.15) is 0 Å². The van der Waals surface area contributed by atoms with Crippen LogP contribution in [-0.4, -0.2) is 17.9 Å². The van der Waals surface area contributed by atoms with Crippen molar-refractivity contribution in [2.45, 2.75) is 40.2 Å². The van der Waals surface area contributed by atoms with E-state index in [9.17, 15) is 9.59 Å². The van der Waals surface area contributed by atoms with Crippen molar-refractivity contribution in [3.63, 3.8) is 0 Å². The first kappa shape index (κ1) is 13.2. The quantitative estimate of drug-likeness (QED) is 0.868. The molecular weight excluding hydrogens is 252 g/mol. The molecule has 1 heterocycles. The van der Waals surface area contributed by atoms with Crippen molar-refractivity contribution in [2.24, 2.45) is 10.8 Å². The van der Waals surface area contributed by atoms with Crippen LogP contribution in [0.25, 0.3) is 0 Å². The lowest BCUT2D eigenvalue weighted by molar-refractivity contribution is -0.115. The van der Waals surface area contributed by atoms with Crippen molar-refractivity contribution in [3.05, 3.63) is 29.3 Å². The van der Waals surface area contributed by atoms with Gasteiger partial charge < -0.3 is 10.6 Å². The van der Waals surface area contributed by atoms with Crippen molar-refractivity contribution in [1.82, 2.24) is 5.32 Å². The summed E-state index contributed by atoms with van der Waals surface area (Å²) in [5.41, 5.74) is 2.56. The van der Waals surface area contributed by atoms with E-state index < -0.39 is 0 Å². The molecule has 20 heavy (non-hydrogen) atoms. The molecule has 2 aliphatic rings. The summed E-state index contributed by atoms with van der Waals surface area (Å²) in [7, 11) is 0. The highest BCUT2D eigenvalue weighted by atomic mass is 16.2. The zero-order chi connectivity index (χ0) is 14.7. The van der Waals surface area contributed by atoms with Gasteiger partial charge >= 0.3 is 0 Å². The third kappa shape index (κ3) is 1.74. The molecule has 1 saturated carbocycles. The monoisotopic (exact) mass is 272 g/mol. The molecule has 2 N–H and O–H groups in total. The van der Waals surface area contributed by atoms with Crippen LogP contribution in [0.15, 0.2) is 18.2 Å². The molecular formula is C16H20N2O2. The molecule has 1 aromatic rings. The second kappa shape index (κ2) is 3.84. The van der Waals surface area contributed by atoms with Crippen LogP contribution in [0.4, 0.5) is 5.69 Å². The fourth-order valence-electron chi connectivity index (χ4n) is 3.13. The number of rotatable bonds is 2. The fourth-order valence-corrected chi connectivity index (χ4v) is 3.13. The van der Waals surface area contributed by atoms with E-state index in [2.05, 4.69) is 38.3 Å². The maximum atomic E-state index is 12.3. The molecule has 4 nitrogen and oxygen atoms in total. The average molecular weight is 272 g/mol. The normalized spacial score (nSPS) is 22.1. The van der Waals surface area contributed by atoms with E-state index in [1.807, 2.05) is 6.07 Å². The molecule has 1 fully saturated rings. The topological polar surface area (TPSA) is 58.2 Å². The molecule has 106 valence electrons. The van der Waals surface area contributed by atoms with E-state index in [1.54, 1.807) is 12.1 Å². The molecule has 2 amide bonds. The first-order valence-electron chi connectivity index (χ1n) is 6.97. The van der Waals surface area contributed by atoms with Crippen LogP contribution >= 0.6 is 0 Å². The van der Waals surface area contributed by atoms with E-state index in [-0.39, 0.29) is 28.7 Å². The number of benzene rings is 1. The van der Waals surface area contributed by atoms with E-state index in [0.29, 0.717) is 12.0 Å². The van der Waals surface area contributed by atoms with Gasteiger partial charge in [-0.15, -0.1) is 0 Å². The molecule has 1 aliphatic carbocycles. The summed E-state index contributed by atoms with van der Waals surface area (Å²) < 4.78 is 0. The molecule has 0 bridgehead atoms. The third-order valence-corrected chi connectivity index (χ3v) is 5.29. The SMILES string of the molecule is CC1(C)C(NC(=O)c2ccc3c(c2)NC(=O)C3)C1(C)C. The molecule has 3 rings (SSSR count). The number of carbonyl (C=O) groups excluding carboxylic acids is 2. The van der Waals surface area contributed by atoms with E-state index in [4.69, 9.17) is 0 Å². The highest BCUT2D eigenvalue weighted by Gasteiger charge is 2.65. The van der Waals surface area contributed by atoms with Gasteiger partial charge in [0.15, 0.2) is 0 Å². The Hall–Kier alpha value is -1.84. The zero-order valence-electron chi connectivity index (χ0n) is 12.3. The average Bonchev–Trinajstić information content (AvgIpc) is 2.67. The van der Waals surface area contributed by atoms with Gasteiger partial charge in [0.2, 0.25) is 5.91 Å². The Morgan fingerprint density at radius 3 is 2.50 bits per heavy atom. The van der Waals surface area contributed by atoms with Crippen LogP contribution in [0, 0.1) is 10.8 Å². The van der Waals surface area contributed by atoms with Crippen LogP contribution in [0.5, 0.6) is 0 Å². The van der Waals surface area contributed by atoms with Gasteiger partial charge in [0.25, 0.3) is 5.91 Å². The van der Waals surface area contributed by atoms with Crippen LogP contribution in [0.3, 0.4) is 0 Å². The number of hydrogen-bond donors (Lipinski definition) is 2. The van der Waals surface area contributed by atoms with Crippen molar-refractivity contribution in [3.8, 4) is 0 Å². The minimum Gasteiger partial charge on any atom is -0.348 e. The molecule has 1 aromatic carbocycles. The summed E-state index contributed by atoms with van der Waals surface area (Å²) in [6.45, 7) is 8.67. The standard InChI is InChI=1S/C16H20N2O2/c1-15(2)14(16(15,3)4)18-13(20)10-6-5-9-8-12(19)17-11(9)7-10/h5-7,14H,8H2,1-4H3,(H,17,19)(H,18,20). The van der Waals surface area contributed by atoms with Crippen LogP contribution in [-0.2, 0) is 11.2 Å². The lowest BCUT2D eigenvalue weighted by Gasteiger charge is -2.08. The maximum Gasteiger partial charge on any atom is 0.251 e. The van der Waals surface area contributed by atoms with Crippen LogP contribution in [0.2, 0.25) is 0 Å². The summed E-state index contributed by atoms with van der Waals surface area (Å²) in [5.74, 6) is -0.0837. The lowest BCUT2D eigenvalue weighted by Crippen LogP contribution is -2.29. The van der Waals surface area contributed by atoms with Gasteiger partial charge in [0.05, 0.1) is 6.42 Å². The fraction of sp³-hybridized carbons (Fsp3) is 0.500. The number of carbonyl (C=O) groups is 2. The van der Waals surface area contributed by atoms with Crippen molar-refractivity contribution in [2.75, 3.05) is 5.32 Å². The molecule has 0 unspecified atom stereocenters. The van der Waals surface area contributed by atoms with Crippen molar-refractivity contribution in [1.29, 1.82) is 0 Å². The Morgan fingerprint density at radius 2 is 1.90 bits per heavy atom. The van der Waals surface area contributed by atoms with Gasteiger partial charge in [-0.05, 0) is 28.5 Å². The molecule has 1 aliphatic heterocycles. The Morgan fingerprint density at radius 1 is 1.25 bits per heavy atom. The van der Waals surface area contributed by atoms with Crippen LogP contribution in [0.1, 0.15) is 43.6 Å². The molecule has 0 spiro atoms. The molecule has 0 saturated heterocycles. The first-order chi connectivity index (χ1) is 9.23. The number of anilines is 1. The number of amides is 2. The van der Waals surface area contributed by atoms with Gasteiger partial charge in [0, 0.05) is 17.3 Å². The predicted molar refractivity (Wildman–Crippen MR) is 77.6 cm³/mol. The highest BCUT2D eigenvalue weighted by molar-refractivity contribution is 6.02. The minimum atomic E-state index is -0.0717. The largest absolute Gasteiger partial charge is 0.348 e. The summed E-state index contributed by atoms with van der Waals surface area (Å²) in [4.78, 5) is 23.7. The van der Waals surface area contributed by atoms with Crippen LogP contribution < -0.4 is 10.6 Å². The molecule has 4 heteroatoms. The van der Waals surface area contributed by atoms with Gasteiger partial charge in [0.1, 0.15) is 0 Å². The Bertz CT molecular complexity index is 603. The second-order valence-corrected chi connectivity index (χ2v) is 6.95. The van der Waals surface area contributed by atoms with Gasteiger partial charge in [-0.25, -0.2) is 0 Å². The summed E-state index contributed by atoms with van der Waals surface area (Å²) >= 11 is 0. The van der Waals surface area contributed by atoms with Crippen molar-refractivity contribution < 1.29 is 9.59 Å². The molecule has 0 radical (unpaired) electrons. The molecule has 0 aromatic heterocycles. The Balaban J connectivity index is 1.77. The zero-order valence-corrected chi connectivity index (χ0v) is 12.3. The van der Waals surface area contributed by atoms with E-state index in [1.165, 1.54) is 0 Å². The van der Waals surface area contributed by atoms with Gasteiger partial charge in [-0.1, -0.05) is 33.8 Å². The highest BCUT2D eigenvalue weighted by Crippen LogP contribution is 2.62. The Kier molecular flexibility index (Phi) is 2.53. The molecule has 0 atom stereocenters. The first-order valence-corrected chi connectivity index (χ1v) is 6.97. The summed E-state index contributed by atoms with van der Waals surface area (Å²) in [5, 5.41) is 5.88. The maximum absolute atomic E-state index is 12.3. The van der Waals surface area contributed by atoms with E-state index >= 15 is 0 Å². The number of nitrogens with one attached hydrogen (secondary N) is 2. The summed E-state index contributed by atoms with van der Waals surface area (Å²) in [6.07, 6.45) is 0.403. The number of hydrogen-bond acceptors (Lipinski definition) is 2. The smallest absolute Gasteiger partial charge is 0.251 e.